The normalized spacial score (nSPS) is 12.7. The Morgan fingerprint density at radius 1 is 0.384 bits per heavy atom. The van der Waals surface area contributed by atoms with Gasteiger partial charge in [-0.05, 0) is 57.8 Å². The lowest BCUT2D eigenvalue weighted by molar-refractivity contribution is -0.143. The van der Waals surface area contributed by atoms with Gasteiger partial charge < -0.3 is 20.3 Å². The number of unbranched alkanes of at least 4 members (excludes halogenated alkanes) is 47. The molecule has 6 nitrogen and oxygen atoms in total. The fourth-order valence-electron chi connectivity index (χ4n) is 10.4. The Labute approximate surface area is 456 Å². The second-order valence-electron chi connectivity index (χ2n) is 22.8. The van der Waals surface area contributed by atoms with Crippen LogP contribution in [0.2, 0.25) is 0 Å². The monoisotopic (exact) mass is 1030 g/mol. The van der Waals surface area contributed by atoms with Crippen LogP contribution in [0.1, 0.15) is 367 Å². The van der Waals surface area contributed by atoms with E-state index in [0.29, 0.717) is 25.9 Å². The van der Waals surface area contributed by atoms with E-state index < -0.39 is 12.1 Å². The molecule has 0 radical (unpaired) electrons. The number of allylic oxidation sites excluding steroid dienone is 4. The zero-order chi connectivity index (χ0) is 52.9. The van der Waals surface area contributed by atoms with Crippen molar-refractivity contribution in [2.45, 2.75) is 379 Å². The summed E-state index contributed by atoms with van der Waals surface area (Å²) < 4.78 is 5.50. The number of aliphatic hydroxyl groups excluding tert-OH is 2. The molecular formula is C67H129NO5. The van der Waals surface area contributed by atoms with E-state index in [1.165, 1.54) is 289 Å². The van der Waals surface area contributed by atoms with Crippen molar-refractivity contribution in [1.29, 1.82) is 0 Å². The molecule has 0 fully saturated rings. The van der Waals surface area contributed by atoms with E-state index in [1.54, 1.807) is 0 Å². The molecule has 3 N–H and O–H groups in total. The van der Waals surface area contributed by atoms with Crippen molar-refractivity contribution in [2.75, 3.05) is 13.2 Å². The van der Waals surface area contributed by atoms with Gasteiger partial charge in [-0.3, -0.25) is 9.59 Å². The molecule has 0 aliphatic rings. The Hall–Kier alpha value is -1.66. The van der Waals surface area contributed by atoms with Crippen molar-refractivity contribution in [3.8, 4) is 0 Å². The fourth-order valence-corrected chi connectivity index (χ4v) is 10.4. The molecule has 0 heterocycles. The van der Waals surface area contributed by atoms with E-state index in [-0.39, 0.29) is 18.5 Å². The highest BCUT2D eigenvalue weighted by Gasteiger charge is 2.20. The van der Waals surface area contributed by atoms with Crippen molar-refractivity contribution in [3.05, 3.63) is 24.3 Å². The average Bonchev–Trinajstić information content (AvgIpc) is 3.39. The summed E-state index contributed by atoms with van der Waals surface area (Å²) in [6.07, 6.45) is 78.0. The minimum Gasteiger partial charge on any atom is -0.466 e. The highest BCUT2D eigenvalue weighted by molar-refractivity contribution is 5.76. The molecule has 0 bridgehead atoms. The first kappa shape index (κ1) is 71.3. The highest BCUT2D eigenvalue weighted by Crippen LogP contribution is 2.18. The van der Waals surface area contributed by atoms with Crippen molar-refractivity contribution in [1.82, 2.24) is 5.32 Å². The maximum atomic E-state index is 12.4. The second-order valence-corrected chi connectivity index (χ2v) is 22.8. The van der Waals surface area contributed by atoms with E-state index >= 15 is 0 Å². The van der Waals surface area contributed by atoms with Crippen LogP contribution in [0.15, 0.2) is 24.3 Å². The van der Waals surface area contributed by atoms with Gasteiger partial charge in [0, 0.05) is 12.8 Å². The molecule has 0 saturated carbocycles. The van der Waals surface area contributed by atoms with Crippen LogP contribution in [0.5, 0.6) is 0 Å². The van der Waals surface area contributed by atoms with Crippen LogP contribution < -0.4 is 5.32 Å². The molecule has 73 heavy (non-hydrogen) atoms. The van der Waals surface area contributed by atoms with E-state index in [9.17, 15) is 19.8 Å². The zero-order valence-corrected chi connectivity index (χ0v) is 49.4. The number of amides is 1. The molecule has 2 atom stereocenters. The molecule has 0 aromatic rings. The molecule has 0 saturated heterocycles. The van der Waals surface area contributed by atoms with Gasteiger partial charge in [0.05, 0.1) is 25.4 Å². The van der Waals surface area contributed by atoms with Crippen LogP contribution >= 0.6 is 0 Å². The fraction of sp³-hybridized carbons (Fsp3) is 0.910. The lowest BCUT2D eigenvalue weighted by atomic mass is 10.0. The summed E-state index contributed by atoms with van der Waals surface area (Å²) >= 11 is 0. The zero-order valence-electron chi connectivity index (χ0n) is 49.4. The smallest absolute Gasteiger partial charge is 0.305 e. The minimum absolute atomic E-state index is 0.0168. The Kier molecular flexibility index (Phi) is 61.4. The van der Waals surface area contributed by atoms with Gasteiger partial charge >= 0.3 is 5.97 Å². The number of aliphatic hydroxyl groups is 2. The number of carbonyl (C=O) groups excluding carboxylic acids is 2. The average molecular weight is 1030 g/mol. The van der Waals surface area contributed by atoms with Crippen LogP contribution in [0.25, 0.3) is 0 Å². The minimum atomic E-state index is -0.662. The first-order valence-electron chi connectivity index (χ1n) is 33.1. The van der Waals surface area contributed by atoms with Crippen LogP contribution in [-0.4, -0.2) is 47.4 Å². The Morgan fingerprint density at radius 2 is 0.685 bits per heavy atom. The first-order chi connectivity index (χ1) is 36.0. The SMILES string of the molecule is CCCCCCCCCCCCCCCCCCCCC(=O)OCCCCCCCCCCC/C=C\C/C=C\CCCCCCCCCCCCCCCC(=O)NC(CO)C(O)CCCCCCCCCCC. The van der Waals surface area contributed by atoms with Gasteiger partial charge in [0.15, 0.2) is 0 Å². The van der Waals surface area contributed by atoms with E-state index in [0.717, 1.165) is 44.9 Å². The largest absolute Gasteiger partial charge is 0.466 e. The number of hydrogen-bond acceptors (Lipinski definition) is 5. The summed E-state index contributed by atoms with van der Waals surface area (Å²) in [6, 6.07) is -0.540. The van der Waals surface area contributed by atoms with Gasteiger partial charge in [0.2, 0.25) is 5.91 Å². The van der Waals surface area contributed by atoms with Crippen molar-refractivity contribution in [3.63, 3.8) is 0 Å². The third-order valence-corrected chi connectivity index (χ3v) is 15.5. The van der Waals surface area contributed by atoms with Crippen LogP contribution in [-0.2, 0) is 14.3 Å². The summed E-state index contributed by atoms with van der Waals surface area (Å²) in [4.78, 5) is 24.5. The van der Waals surface area contributed by atoms with Gasteiger partial charge in [-0.15, -0.1) is 0 Å². The first-order valence-corrected chi connectivity index (χ1v) is 33.1. The number of hydrogen-bond donors (Lipinski definition) is 3. The molecule has 0 aliphatic heterocycles. The van der Waals surface area contributed by atoms with Gasteiger partial charge in [0.25, 0.3) is 0 Å². The van der Waals surface area contributed by atoms with Gasteiger partial charge in [-0.1, -0.05) is 321 Å². The maximum absolute atomic E-state index is 12.4. The van der Waals surface area contributed by atoms with E-state index in [1.807, 2.05) is 0 Å². The maximum Gasteiger partial charge on any atom is 0.305 e. The molecule has 2 unspecified atom stereocenters. The molecule has 0 aliphatic carbocycles. The standard InChI is InChI=1S/C67H129NO5/c1-3-5-7-9-11-13-14-15-16-17-32-35-38-41-45-49-53-57-61-67(72)73-62-58-54-50-46-42-39-36-33-30-28-26-24-22-20-18-19-21-23-25-27-29-31-34-37-40-44-48-52-56-60-66(71)68-64(63-69)65(70)59-55-51-47-43-12-10-8-6-4-2/h18,20,24,26,64-65,69-70H,3-17,19,21-23,25,27-63H2,1-2H3,(H,68,71)/b20-18-,26-24-. The lowest BCUT2D eigenvalue weighted by Gasteiger charge is -2.22. The number of carbonyl (C=O) groups is 2. The number of esters is 1. The molecule has 0 rings (SSSR count). The van der Waals surface area contributed by atoms with Crippen molar-refractivity contribution < 1.29 is 24.5 Å². The molecule has 0 aromatic heterocycles. The highest BCUT2D eigenvalue weighted by atomic mass is 16.5. The molecule has 1 amide bonds. The third kappa shape index (κ3) is 59.4. The summed E-state index contributed by atoms with van der Waals surface area (Å²) in [7, 11) is 0. The van der Waals surface area contributed by atoms with Crippen LogP contribution in [0, 0.1) is 0 Å². The summed E-state index contributed by atoms with van der Waals surface area (Å²) in [5.41, 5.74) is 0. The second kappa shape index (κ2) is 62.9. The summed E-state index contributed by atoms with van der Waals surface area (Å²) in [6.45, 7) is 4.96. The number of ether oxygens (including phenoxy) is 1. The predicted molar refractivity (Wildman–Crippen MR) is 320 cm³/mol. The van der Waals surface area contributed by atoms with Crippen molar-refractivity contribution in [2.24, 2.45) is 0 Å². The molecule has 0 spiro atoms. The lowest BCUT2D eigenvalue weighted by Crippen LogP contribution is -2.45. The Bertz CT molecular complexity index is 1140. The summed E-state index contributed by atoms with van der Waals surface area (Å²) in [5.74, 6) is -0.0204. The third-order valence-electron chi connectivity index (χ3n) is 15.5. The Balaban J connectivity index is 3.35. The van der Waals surface area contributed by atoms with Crippen molar-refractivity contribution >= 4 is 11.9 Å². The van der Waals surface area contributed by atoms with Gasteiger partial charge in [-0.25, -0.2) is 0 Å². The number of nitrogens with one attached hydrogen (secondary N) is 1. The summed E-state index contributed by atoms with van der Waals surface area (Å²) in [5, 5.41) is 23.1. The Morgan fingerprint density at radius 3 is 1.04 bits per heavy atom. The quantitative estimate of drug-likeness (QED) is 0.0320. The van der Waals surface area contributed by atoms with E-state index in [4.69, 9.17) is 4.74 Å². The molecule has 0 aromatic carbocycles. The topological polar surface area (TPSA) is 95.9 Å². The predicted octanol–water partition coefficient (Wildman–Crippen LogP) is 21.0. The van der Waals surface area contributed by atoms with Gasteiger partial charge in [0.1, 0.15) is 0 Å². The van der Waals surface area contributed by atoms with Gasteiger partial charge in [-0.2, -0.15) is 0 Å². The van der Waals surface area contributed by atoms with Crippen LogP contribution in [0.4, 0.5) is 0 Å². The number of rotatable bonds is 62. The molecule has 432 valence electrons. The van der Waals surface area contributed by atoms with Crippen LogP contribution in [0.3, 0.4) is 0 Å². The van der Waals surface area contributed by atoms with E-state index in [2.05, 4.69) is 43.5 Å². The molecule has 6 heteroatoms. The molecular weight excluding hydrogens is 899 g/mol.